The van der Waals surface area contributed by atoms with Gasteiger partial charge in [0.15, 0.2) is 16.7 Å². The number of nitrogens with two attached hydrogens (primary N) is 1. The number of hydrogen-bond acceptors (Lipinski definition) is 9. The van der Waals surface area contributed by atoms with Crippen LogP contribution in [0, 0.1) is 5.82 Å². The number of carbonyl (C=O) groups excluding carboxylic acids is 1. The largest absolute Gasteiger partial charge is 0.494 e. The molecule has 0 bridgehead atoms. The third-order valence-corrected chi connectivity index (χ3v) is 8.15. The number of aromatic nitrogens is 1. The second-order valence-corrected chi connectivity index (χ2v) is 10.6. The van der Waals surface area contributed by atoms with Crippen LogP contribution in [0.3, 0.4) is 0 Å². The van der Waals surface area contributed by atoms with Gasteiger partial charge in [-0.3, -0.25) is 9.69 Å². The van der Waals surface area contributed by atoms with Crippen LogP contribution in [0.4, 0.5) is 26.7 Å². The summed E-state index contributed by atoms with van der Waals surface area (Å²) in [6.45, 7) is 3.87. The summed E-state index contributed by atoms with van der Waals surface area (Å²) in [6.07, 6.45) is 4.01. The first kappa shape index (κ1) is 25.4. The van der Waals surface area contributed by atoms with Crippen molar-refractivity contribution in [1.29, 1.82) is 0 Å². The highest BCUT2D eigenvalue weighted by atomic mass is 32.1. The molecule has 0 aliphatic carbocycles. The fraction of sp³-hybridized carbons (Fsp3) is 0.407. The Hall–Kier alpha value is -3.21. The van der Waals surface area contributed by atoms with Gasteiger partial charge in [-0.05, 0) is 74.7 Å². The maximum atomic E-state index is 14.1. The first-order valence-corrected chi connectivity index (χ1v) is 13.4. The number of halogens is 1. The second kappa shape index (κ2) is 11.0. The Morgan fingerprint density at radius 1 is 1.16 bits per heavy atom. The molecule has 8 nitrogen and oxygen atoms in total. The number of nitrogens with zero attached hydrogens (tertiary/aromatic N) is 3. The van der Waals surface area contributed by atoms with Crippen molar-refractivity contribution in [1.82, 2.24) is 9.88 Å². The number of aliphatic hydroxyl groups is 1. The highest BCUT2D eigenvalue weighted by Crippen LogP contribution is 2.32. The molecule has 0 radical (unpaired) electrons. The van der Waals surface area contributed by atoms with Crippen LogP contribution in [0.5, 0.6) is 5.75 Å². The van der Waals surface area contributed by atoms with E-state index in [-0.39, 0.29) is 33.9 Å². The summed E-state index contributed by atoms with van der Waals surface area (Å²) in [5.74, 6) is -0.813. The molecule has 10 heteroatoms. The second-order valence-electron chi connectivity index (χ2n) is 9.59. The summed E-state index contributed by atoms with van der Waals surface area (Å²) in [5, 5.41) is 13.7. The average molecular weight is 526 g/mol. The molecule has 2 saturated heterocycles. The predicted molar refractivity (Wildman–Crippen MR) is 145 cm³/mol. The Labute approximate surface area is 219 Å². The summed E-state index contributed by atoms with van der Waals surface area (Å²) in [4.78, 5) is 22.3. The van der Waals surface area contributed by atoms with Crippen LogP contribution < -0.4 is 20.7 Å². The number of aliphatic hydroxyl groups excluding tert-OH is 1. The number of ether oxygens (including phenoxy) is 1. The van der Waals surface area contributed by atoms with Gasteiger partial charge in [0.1, 0.15) is 10.7 Å². The average Bonchev–Trinajstić information content (AvgIpc) is 3.28. The maximum Gasteiger partial charge on any atom is 0.206 e. The fourth-order valence-electron chi connectivity index (χ4n) is 5.17. The van der Waals surface area contributed by atoms with Crippen molar-refractivity contribution in [3.8, 4) is 5.75 Å². The summed E-state index contributed by atoms with van der Waals surface area (Å²) < 4.78 is 19.0. The Morgan fingerprint density at radius 2 is 1.92 bits per heavy atom. The lowest BCUT2D eigenvalue weighted by atomic mass is 9.98. The Balaban J connectivity index is 1.19. The van der Waals surface area contributed by atoms with Gasteiger partial charge in [0.25, 0.3) is 0 Å². The van der Waals surface area contributed by atoms with E-state index in [0.717, 1.165) is 75.0 Å². The highest BCUT2D eigenvalue weighted by Gasteiger charge is 2.28. The molecule has 4 N–H and O–H groups in total. The normalized spacial score (nSPS) is 19.1. The lowest BCUT2D eigenvalue weighted by Crippen LogP contribution is -2.49. The maximum absolute atomic E-state index is 14.1. The van der Waals surface area contributed by atoms with Crippen molar-refractivity contribution >= 4 is 39.4 Å². The molecule has 1 unspecified atom stereocenters. The van der Waals surface area contributed by atoms with Gasteiger partial charge in [0.05, 0.1) is 13.2 Å². The van der Waals surface area contributed by atoms with Gasteiger partial charge in [0, 0.05) is 42.6 Å². The molecule has 196 valence electrons. The third kappa shape index (κ3) is 5.71. The summed E-state index contributed by atoms with van der Waals surface area (Å²) in [5.41, 5.74) is 8.21. The molecule has 0 amide bonds. The van der Waals surface area contributed by atoms with Crippen LogP contribution >= 0.6 is 11.3 Å². The number of ketones is 1. The molecule has 2 aliphatic heterocycles. The Kier molecular flexibility index (Phi) is 7.59. The number of rotatable bonds is 7. The number of anilines is 4. The number of benzene rings is 2. The van der Waals surface area contributed by atoms with E-state index in [9.17, 15) is 14.3 Å². The van der Waals surface area contributed by atoms with Gasteiger partial charge in [-0.25, -0.2) is 9.37 Å². The van der Waals surface area contributed by atoms with Gasteiger partial charge in [-0.1, -0.05) is 11.3 Å². The molecule has 0 saturated carbocycles. The SMILES string of the molecule is COc1ccc(C(=O)c2sc(Nc3ccc(N4CCC(N5CCCC(O)C5)CC4)cc3)nc2N)cc1F. The molecule has 3 aromatic rings. The van der Waals surface area contributed by atoms with E-state index in [4.69, 9.17) is 10.5 Å². The number of β-amino-alcohol motifs (C(OH)–C–C–N with tert-alkyl or cyclic N) is 1. The lowest BCUT2D eigenvalue weighted by molar-refractivity contribution is 0.0398. The number of thiazole rings is 1. The molecular weight excluding hydrogens is 493 g/mol. The van der Waals surface area contributed by atoms with Gasteiger partial charge >= 0.3 is 0 Å². The highest BCUT2D eigenvalue weighted by molar-refractivity contribution is 7.18. The summed E-state index contributed by atoms with van der Waals surface area (Å²) in [6, 6.07) is 12.8. The van der Waals surface area contributed by atoms with E-state index in [2.05, 4.69) is 32.2 Å². The standard InChI is InChI=1S/C27H32FN5O3S/c1-36-23-9-4-17(15-22(23)28)24(35)25-26(29)31-27(37-25)30-18-5-7-19(8-6-18)32-13-10-20(11-14-32)33-12-2-3-21(34)16-33/h4-9,15,20-21,34H,2-3,10-14,16,29H2,1H3,(H,30,31). The van der Waals surface area contributed by atoms with Crippen molar-refractivity contribution in [3.63, 3.8) is 0 Å². The minimum absolute atomic E-state index is 0.0748. The van der Waals surface area contributed by atoms with Crippen LogP contribution in [0.25, 0.3) is 0 Å². The number of likely N-dealkylation sites (tertiary alicyclic amines) is 1. The molecule has 2 aromatic carbocycles. The molecule has 5 rings (SSSR count). The van der Waals surface area contributed by atoms with Crippen LogP contribution in [0.15, 0.2) is 42.5 Å². The zero-order chi connectivity index (χ0) is 25.9. The van der Waals surface area contributed by atoms with Crippen molar-refractivity contribution in [2.24, 2.45) is 0 Å². The van der Waals surface area contributed by atoms with Crippen molar-refractivity contribution < 1.29 is 19.0 Å². The smallest absolute Gasteiger partial charge is 0.206 e. The summed E-state index contributed by atoms with van der Waals surface area (Å²) >= 11 is 1.14. The topological polar surface area (TPSA) is 104 Å². The van der Waals surface area contributed by atoms with Crippen molar-refractivity contribution in [2.45, 2.75) is 37.8 Å². The molecule has 0 spiro atoms. The minimum Gasteiger partial charge on any atom is -0.494 e. The van der Waals surface area contributed by atoms with Gasteiger partial charge in [0.2, 0.25) is 5.78 Å². The van der Waals surface area contributed by atoms with Crippen LogP contribution in [0.2, 0.25) is 0 Å². The summed E-state index contributed by atoms with van der Waals surface area (Å²) in [7, 11) is 1.37. The first-order chi connectivity index (χ1) is 17.9. The lowest BCUT2D eigenvalue weighted by Gasteiger charge is -2.42. The number of nitrogens with one attached hydrogen (secondary N) is 1. The zero-order valence-electron chi connectivity index (χ0n) is 20.8. The van der Waals surface area contributed by atoms with E-state index in [0.29, 0.717) is 11.2 Å². The predicted octanol–water partition coefficient (Wildman–Crippen LogP) is 4.27. The molecule has 3 heterocycles. The van der Waals surface area contributed by atoms with Crippen LogP contribution in [-0.4, -0.2) is 66.2 Å². The van der Waals surface area contributed by atoms with E-state index in [1.165, 1.54) is 24.9 Å². The number of methoxy groups -OCH3 is 1. The minimum atomic E-state index is -0.607. The molecule has 2 fully saturated rings. The number of hydrogen-bond donors (Lipinski definition) is 3. The van der Waals surface area contributed by atoms with E-state index in [1.807, 2.05) is 12.1 Å². The third-order valence-electron chi connectivity index (χ3n) is 7.17. The number of piperidine rings is 2. The quantitative estimate of drug-likeness (QED) is 0.393. The van der Waals surface area contributed by atoms with Gasteiger partial charge in [-0.2, -0.15) is 0 Å². The Bertz CT molecular complexity index is 1240. The van der Waals surface area contributed by atoms with Crippen LogP contribution in [0.1, 0.15) is 40.9 Å². The Morgan fingerprint density at radius 3 is 2.59 bits per heavy atom. The van der Waals surface area contributed by atoms with E-state index < -0.39 is 5.82 Å². The zero-order valence-corrected chi connectivity index (χ0v) is 21.6. The fourth-order valence-corrected chi connectivity index (χ4v) is 6.04. The van der Waals surface area contributed by atoms with Crippen LogP contribution in [-0.2, 0) is 0 Å². The van der Waals surface area contributed by atoms with Gasteiger partial charge in [-0.15, -0.1) is 0 Å². The molecule has 1 atom stereocenters. The van der Waals surface area contributed by atoms with Gasteiger partial charge < -0.3 is 25.8 Å². The molecule has 2 aliphatic rings. The number of nitrogen functional groups attached to an aromatic ring is 1. The van der Waals surface area contributed by atoms with Crippen molar-refractivity contribution in [3.05, 3.63) is 58.7 Å². The molecule has 1 aromatic heterocycles. The first-order valence-electron chi connectivity index (χ1n) is 12.6. The monoisotopic (exact) mass is 525 g/mol. The number of carbonyl (C=O) groups is 1. The van der Waals surface area contributed by atoms with Crippen molar-refractivity contribution in [2.75, 3.05) is 49.2 Å². The molecular formula is C27H32FN5O3S. The van der Waals surface area contributed by atoms with E-state index >= 15 is 0 Å². The molecule has 37 heavy (non-hydrogen) atoms. The van der Waals surface area contributed by atoms with E-state index in [1.54, 1.807) is 0 Å².